The van der Waals surface area contributed by atoms with Gasteiger partial charge in [-0.1, -0.05) is 11.6 Å². The molecule has 2 aromatic carbocycles. The van der Waals surface area contributed by atoms with Gasteiger partial charge in [0.05, 0.1) is 5.52 Å². The summed E-state index contributed by atoms with van der Waals surface area (Å²) in [6, 6.07) is 11.5. The highest BCUT2D eigenvalue weighted by Gasteiger charge is 2.11. The number of anilines is 1. The lowest BCUT2D eigenvalue weighted by Gasteiger charge is -2.06. The van der Waals surface area contributed by atoms with E-state index in [1.54, 1.807) is 42.5 Å². The molecule has 1 amide bonds. The summed E-state index contributed by atoms with van der Waals surface area (Å²) < 4.78 is 6.52. The van der Waals surface area contributed by atoms with Gasteiger partial charge in [-0.2, -0.15) is 0 Å². The number of oxazole rings is 1. The number of fused-ring (bicyclic) bond motifs is 1. The van der Waals surface area contributed by atoms with E-state index in [0.717, 1.165) is 0 Å². The van der Waals surface area contributed by atoms with Crippen LogP contribution in [0.2, 0.25) is 5.02 Å². The number of aryl methyl sites for hydroxylation is 1. The fraction of sp³-hybridized carbons (Fsp3) is 0.167. The van der Waals surface area contributed by atoms with Crippen molar-refractivity contribution in [2.75, 3.05) is 5.32 Å². The van der Waals surface area contributed by atoms with Gasteiger partial charge in [0.2, 0.25) is 5.91 Å². The number of Topliss-reactive ketones (excluding diaryl/α,β-unsaturated/α-hetero) is 1. The highest BCUT2D eigenvalue weighted by atomic mass is 35.5. The van der Waals surface area contributed by atoms with Gasteiger partial charge < -0.3 is 9.73 Å². The van der Waals surface area contributed by atoms with Crippen molar-refractivity contribution in [3.63, 3.8) is 0 Å². The molecule has 0 fully saturated rings. The molecule has 0 spiro atoms. The summed E-state index contributed by atoms with van der Waals surface area (Å²) >= 11 is 5.87. The molecule has 25 heavy (non-hydrogen) atoms. The van der Waals surface area contributed by atoms with Gasteiger partial charge in [0.15, 0.2) is 11.4 Å². The number of hydrogen-bond acceptors (Lipinski definition) is 4. The standard InChI is InChI=1S/C18H15ClN2O4/c1-11(22)12-2-5-14(6-3-12)20-17(23)8-9-21-15-7-4-13(19)10-16(15)25-18(21)24/h2-7,10H,8-9H2,1H3,(H,20,23). The third-order valence-corrected chi connectivity index (χ3v) is 4.00. The average molecular weight is 359 g/mol. The van der Waals surface area contributed by atoms with Crippen molar-refractivity contribution in [3.05, 3.63) is 63.6 Å². The maximum atomic E-state index is 12.1. The minimum absolute atomic E-state index is 0.0378. The lowest BCUT2D eigenvalue weighted by molar-refractivity contribution is -0.116. The minimum Gasteiger partial charge on any atom is -0.408 e. The van der Waals surface area contributed by atoms with Crippen LogP contribution < -0.4 is 11.1 Å². The van der Waals surface area contributed by atoms with Gasteiger partial charge in [-0.05, 0) is 43.3 Å². The van der Waals surface area contributed by atoms with Crippen molar-refractivity contribution in [2.24, 2.45) is 0 Å². The minimum atomic E-state index is -0.532. The fourth-order valence-corrected chi connectivity index (χ4v) is 2.64. The van der Waals surface area contributed by atoms with Crippen molar-refractivity contribution < 1.29 is 14.0 Å². The van der Waals surface area contributed by atoms with Crippen LogP contribution in [0.5, 0.6) is 0 Å². The Morgan fingerprint density at radius 3 is 2.56 bits per heavy atom. The fourth-order valence-electron chi connectivity index (χ4n) is 2.48. The van der Waals surface area contributed by atoms with Crippen molar-refractivity contribution in [3.8, 4) is 0 Å². The zero-order valence-electron chi connectivity index (χ0n) is 13.4. The van der Waals surface area contributed by atoms with E-state index in [2.05, 4.69) is 5.32 Å². The van der Waals surface area contributed by atoms with E-state index < -0.39 is 5.76 Å². The topological polar surface area (TPSA) is 81.3 Å². The van der Waals surface area contributed by atoms with Crippen LogP contribution in [-0.2, 0) is 11.3 Å². The molecular formula is C18H15ClN2O4. The predicted molar refractivity (Wildman–Crippen MR) is 95.2 cm³/mol. The number of carbonyl (C=O) groups excluding carboxylic acids is 2. The van der Waals surface area contributed by atoms with Crippen LogP contribution in [0.3, 0.4) is 0 Å². The highest BCUT2D eigenvalue weighted by molar-refractivity contribution is 6.31. The maximum Gasteiger partial charge on any atom is 0.419 e. The summed E-state index contributed by atoms with van der Waals surface area (Å²) in [5, 5.41) is 3.20. The number of halogens is 1. The summed E-state index contributed by atoms with van der Waals surface area (Å²) in [7, 11) is 0. The van der Waals surface area contributed by atoms with Crippen molar-refractivity contribution in [1.82, 2.24) is 4.57 Å². The van der Waals surface area contributed by atoms with E-state index in [9.17, 15) is 14.4 Å². The third kappa shape index (κ3) is 3.80. The average Bonchev–Trinajstić information content (AvgIpc) is 2.87. The molecule has 0 bridgehead atoms. The Labute approximate surface area is 148 Å². The number of carbonyl (C=O) groups is 2. The Balaban J connectivity index is 1.67. The molecule has 3 rings (SSSR count). The second-order valence-corrected chi connectivity index (χ2v) is 6.00. The molecule has 0 saturated heterocycles. The van der Waals surface area contributed by atoms with E-state index in [1.807, 2.05) is 0 Å². The number of rotatable bonds is 5. The number of nitrogens with one attached hydrogen (secondary N) is 1. The Bertz CT molecular complexity index is 1000. The van der Waals surface area contributed by atoms with Crippen molar-refractivity contribution in [1.29, 1.82) is 0 Å². The van der Waals surface area contributed by atoms with E-state index in [0.29, 0.717) is 27.4 Å². The van der Waals surface area contributed by atoms with Gasteiger partial charge in [-0.15, -0.1) is 0 Å². The molecule has 7 heteroatoms. The van der Waals surface area contributed by atoms with E-state index in [4.69, 9.17) is 16.0 Å². The first kappa shape index (κ1) is 17.0. The lowest BCUT2D eigenvalue weighted by Crippen LogP contribution is -2.19. The molecule has 0 aliphatic heterocycles. The van der Waals surface area contributed by atoms with E-state index >= 15 is 0 Å². The first-order valence-corrected chi connectivity index (χ1v) is 8.01. The summed E-state index contributed by atoms with van der Waals surface area (Å²) in [6.07, 6.45) is 0.103. The van der Waals surface area contributed by atoms with E-state index in [-0.39, 0.29) is 24.7 Å². The zero-order chi connectivity index (χ0) is 18.0. The number of hydrogen-bond donors (Lipinski definition) is 1. The van der Waals surface area contributed by atoms with Crippen LogP contribution in [0.15, 0.2) is 51.7 Å². The molecule has 128 valence electrons. The normalized spacial score (nSPS) is 10.8. The molecule has 0 aliphatic rings. The van der Waals surface area contributed by atoms with Crippen molar-refractivity contribution >= 4 is 40.1 Å². The second-order valence-electron chi connectivity index (χ2n) is 5.56. The molecule has 0 saturated carbocycles. The molecule has 0 unspecified atom stereocenters. The SMILES string of the molecule is CC(=O)c1ccc(NC(=O)CCn2c(=O)oc3cc(Cl)ccc32)cc1. The van der Waals surface area contributed by atoms with Crippen LogP contribution in [0.4, 0.5) is 5.69 Å². The van der Waals surface area contributed by atoms with Gasteiger partial charge >= 0.3 is 5.76 Å². The lowest BCUT2D eigenvalue weighted by atomic mass is 10.1. The first-order chi connectivity index (χ1) is 11.9. The summed E-state index contributed by atoms with van der Waals surface area (Å²) in [4.78, 5) is 35.2. The summed E-state index contributed by atoms with van der Waals surface area (Å²) in [6.45, 7) is 1.67. The highest BCUT2D eigenvalue weighted by Crippen LogP contribution is 2.18. The van der Waals surface area contributed by atoms with Crippen LogP contribution in [0.25, 0.3) is 11.1 Å². The van der Waals surface area contributed by atoms with Gasteiger partial charge in [0, 0.05) is 35.3 Å². The molecule has 0 atom stereocenters. The van der Waals surface area contributed by atoms with Gasteiger partial charge in [0.1, 0.15) is 0 Å². The Kier molecular flexibility index (Phi) is 4.72. The molecule has 6 nitrogen and oxygen atoms in total. The Hall–Kier alpha value is -2.86. The predicted octanol–water partition coefficient (Wildman–Crippen LogP) is 3.48. The molecule has 3 aromatic rings. The summed E-state index contributed by atoms with van der Waals surface area (Å²) in [5.41, 5.74) is 2.14. The maximum absolute atomic E-state index is 12.1. The largest absolute Gasteiger partial charge is 0.419 e. The molecule has 0 aliphatic carbocycles. The molecule has 1 aromatic heterocycles. The monoisotopic (exact) mass is 358 g/mol. The molecule has 1 N–H and O–H groups in total. The van der Waals surface area contributed by atoms with Crippen LogP contribution in [-0.4, -0.2) is 16.3 Å². The number of ketones is 1. The van der Waals surface area contributed by atoms with Crippen LogP contribution in [0, 0.1) is 0 Å². The third-order valence-electron chi connectivity index (χ3n) is 3.77. The van der Waals surface area contributed by atoms with Crippen LogP contribution >= 0.6 is 11.6 Å². The first-order valence-electron chi connectivity index (χ1n) is 7.64. The molecular weight excluding hydrogens is 344 g/mol. The molecule has 0 radical (unpaired) electrons. The zero-order valence-corrected chi connectivity index (χ0v) is 14.2. The number of nitrogens with zero attached hydrogens (tertiary/aromatic N) is 1. The molecule has 1 heterocycles. The van der Waals surface area contributed by atoms with Gasteiger partial charge in [0.25, 0.3) is 0 Å². The quantitative estimate of drug-likeness (QED) is 0.708. The summed E-state index contributed by atoms with van der Waals surface area (Å²) in [5.74, 6) is -0.814. The number of aromatic nitrogens is 1. The van der Waals surface area contributed by atoms with Crippen LogP contribution in [0.1, 0.15) is 23.7 Å². The Morgan fingerprint density at radius 2 is 1.88 bits per heavy atom. The van der Waals surface area contributed by atoms with Gasteiger partial charge in [-0.3, -0.25) is 14.2 Å². The Morgan fingerprint density at radius 1 is 1.16 bits per heavy atom. The van der Waals surface area contributed by atoms with E-state index in [1.165, 1.54) is 11.5 Å². The smallest absolute Gasteiger partial charge is 0.408 e. The number of amides is 1. The second kappa shape index (κ2) is 6.94. The number of benzene rings is 2. The van der Waals surface area contributed by atoms with Gasteiger partial charge in [-0.25, -0.2) is 4.79 Å². The van der Waals surface area contributed by atoms with Crippen molar-refractivity contribution in [2.45, 2.75) is 19.9 Å².